The Hall–Kier alpha value is -0.480. The van der Waals surface area contributed by atoms with Crippen molar-refractivity contribution < 1.29 is 4.39 Å². The highest BCUT2D eigenvalue weighted by molar-refractivity contribution is 5.84. The van der Waals surface area contributed by atoms with Crippen LogP contribution in [0.1, 0.15) is 27.2 Å². The fourth-order valence-electron chi connectivity index (χ4n) is 1.08. The quantitative estimate of drug-likeness (QED) is 0.635. The summed E-state index contributed by atoms with van der Waals surface area (Å²) in [5, 5.41) is 0. The Kier molecular flexibility index (Phi) is 5.82. The van der Waals surface area contributed by atoms with Crippen molar-refractivity contribution in [2.24, 2.45) is 22.4 Å². The van der Waals surface area contributed by atoms with Gasteiger partial charge in [0.15, 0.2) is 0 Å². The number of halogens is 1. The van der Waals surface area contributed by atoms with Crippen molar-refractivity contribution in [1.82, 2.24) is 0 Å². The molecule has 0 fully saturated rings. The normalized spacial score (nSPS) is 19.7. The van der Waals surface area contributed by atoms with Crippen molar-refractivity contribution in [3.63, 3.8) is 0 Å². The molecule has 0 aromatic carbocycles. The minimum atomic E-state index is -1.11. The van der Waals surface area contributed by atoms with Gasteiger partial charge in [-0.1, -0.05) is 6.92 Å². The van der Waals surface area contributed by atoms with Crippen LogP contribution in [-0.4, -0.2) is 24.6 Å². The Balaban J connectivity index is 4.28. The van der Waals surface area contributed by atoms with Crippen LogP contribution in [0.15, 0.2) is 4.99 Å². The zero-order valence-corrected chi connectivity index (χ0v) is 8.63. The van der Waals surface area contributed by atoms with E-state index in [4.69, 9.17) is 11.5 Å². The molecule has 0 spiro atoms. The fraction of sp³-hybridized carbons (Fsp3) is 0.889. The van der Waals surface area contributed by atoms with E-state index < -0.39 is 12.3 Å². The number of hydrogen-bond donors (Lipinski definition) is 2. The van der Waals surface area contributed by atoms with Gasteiger partial charge < -0.3 is 11.5 Å². The smallest absolute Gasteiger partial charge is 0.132 e. The molecule has 0 aliphatic heterocycles. The van der Waals surface area contributed by atoms with Crippen molar-refractivity contribution in [3.05, 3.63) is 0 Å². The van der Waals surface area contributed by atoms with Crippen LogP contribution in [-0.2, 0) is 0 Å². The molecule has 0 aliphatic rings. The molecule has 0 radical (unpaired) electrons. The van der Waals surface area contributed by atoms with Crippen molar-refractivity contribution in [1.29, 1.82) is 0 Å². The third-order valence-electron chi connectivity index (χ3n) is 2.19. The fourth-order valence-corrected chi connectivity index (χ4v) is 1.08. The molecule has 0 bridgehead atoms. The largest absolute Gasteiger partial charge is 0.330 e. The molecule has 78 valence electrons. The van der Waals surface area contributed by atoms with E-state index in [1.54, 1.807) is 0 Å². The number of nitrogens with two attached hydrogens (primary N) is 2. The van der Waals surface area contributed by atoms with Crippen LogP contribution in [0.4, 0.5) is 4.39 Å². The SMILES string of the molecule is CC[C@H](CN)C(C)=N[C@@H](N)C(C)F. The van der Waals surface area contributed by atoms with Crippen LogP contribution in [0.25, 0.3) is 0 Å². The maximum Gasteiger partial charge on any atom is 0.132 e. The third kappa shape index (κ3) is 4.33. The number of hydrogen-bond acceptors (Lipinski definition) is 3. The summed E-state index contributed by atoms with van der Waals surface area (Å²) in [4.78, 5) is 4.06. The minimum Gasteiger partial charge on any atom is -0.330 e. The Bertz CT molecular complexity index is 164. The molecule has 0 saturated carbocycles. The second-order valence-electron chi connectivity index (χ2n) is 3.28. The number of alkyl halides is 1. The maximum absolute atomic E-state index is 12.7. The summed E-state index contributed by atoms with van der Waals surface area (Å²) < 4.78 is 12.7. The number of aliphatic imine (C=N–C) groups is 1. The van der Waals surface area contributed by atoms with E-state index in [9.17, 15) is 4.39 Å². The van der Waals surface area contributed by atoms with Gasteiger partial charge in [0.25, 0.3) is 0 Å². The molecule has 4 N–H and O–H groups in total. The molecule has 0 amide bonds. The molecule has 0 saturated heterocycles. The molecule has 4 heteroatoms. The van der Waals surface area contributed by atoms with Gasteiger partial charge in [-0.2, -0.15) is 0 Å². The molecule has 1 unspecified atom stereocenters. The average Bonchev–Trinajstić information content (AvgIpc) is 2.06. The molecule has 13 heavy (non-hydrogen) atoms. The van der Waals surface area contributed by atoms with Gasteiger partial charge >= 0.3 is 0 Å². The van der Waals surface area contributed by atoms with Crippen molar-refractivity contribution >= 4 is 5.71 Å². The van der Waals surface area contributed by atoms with Crippen LogP contribution in [0, 0.1) is 5.92 Å². The second kappa shape index (κ2) is 6.05. The highest BCUT2D eigenvalue weighted by Gasteiger charge is 2.12. The maximum atomic E-state index is 12.7. The molecule has 0 aliphatic carbocycles. The van der Waals surface area contributed by atoms with Gasteiger partial charge in [0.2, 0.25) is 0 Å². The van der Waals surface area contributed by atoms with E-state index >= 15 is 0 Å². The van der Waals surface area contributed by atoms with Gasteiger partial charge in [-0.15, -0.1) is 0 Å². The summed E-state index contributed by atoms with van der Waals surface area (Å²) in [7, 11) is 0. The molecular weight excluding hydrogens is 169 g/mol. The van der Waals surface area contributed by atoms with Crippen molar-refractivity contribution in [3.8, 4) is 0 Å². The average molecular weight is 189 g/mol. The van der Waals surface area contributed by atoms with Crippen LogP contribution >= 0.6 is 0 Å². The van der Waals surface area contributed by atoms with E-state index in [1.165, 1.54) is 6.92 Å². The summed E-state index contributed by atoms with van der Waals surface area (Å²) in [5.41, 5.74) is 11.8. The lowest BCUT2D eigenvalue weighted by Crippen LogP contribution is -2.31. The lowest BCUT2D eigenvalue weighted by atomic mass is 10.0. The van der Waals surface area contributed by atoms with E-state index in [0.29, 0.717) is 6.54 Å². The molecule has 3 atom stereocenters. The van der Waals surface area contributed by atoms with Crippen LogP contribution in [0.3, 0.4) is 0 Å². The first-order chi connectivity index (χ1) is 6.02. The molecule has 0 rings (SSSR count). The summed E-state index contributed by atoms with van der Waals surface area (Å²) >= 11 is 0. The van der Waals surface area contributed by atoms with E-state index in [-0.39, 0.29) is 5.92 Å². The lowest BCUT2D eigenvalue weighted by molar-refractivity contribution is 0.310. The van der Waals surface area contributed by atoms with Crippen molar-refractivity contribution in [2.75, 3.05) is 6.54 Å². The van der Waals surface area contributed by atoms with Crippen LogP contribution in [0.2, 0.25) is 0 Å². The highest BCUT2D eigenvalue weighted by atomic mass is 19.1. The second-order valence-corrected chi connectivity index (χ2v) is 3.28. The number of rotatable bonds is 5. The molecule has 0 aromatic heterocycles. The highest BCUT2D eigenvalue weighted by Crippen LogP contribution is 2.06. The third-order valence-corrected chi connectivity index (χ3v) is 2.19. The molecular formula is C9H20FN3. The molecule has 3 nitrogen and oxygen atoms in total. The summed E-state index contributed by atoms with van der Waals surface area (Å²) in [5.74, 6) is 0.227. The predicted octanol–water partition coefficient (Wildman–Crippen LogP) is 1.07. The zero-order chi connectivity index (χ0) is 10.4. The van der Waals surface area contributed by atoms with E-state index in [1.807, 2.05) is 13.8 Å². The number of nitrogens with zero attached hydrogens (tertiary/aromatic N) is 1. The Labute approximate surface area is 79.4 Å². The topological polar surface area (TPSA) is 64.4 Å². The van der Waals surface area contributed by atoms with Gasteiger partial charge in [0.05, 0.1) is 0 Å². The lowest BCUT2D eigenvalue weighted by Gasteiger charge is -2.15. The first-order valence-corrected chi connectivity index (χ1v) is 4.66. The van der Waals surface area contributed by atoms with Crippen LogP contribution < -0.4 is 11.5 Å². The van der Waals surface area contributed by atoms with Crippen LogP contribution in [0.5, 0.6) is 0 Å². The predicted molar refractivity (Wildman–Crippen MR) is 54.5 cm³/mol. The monoisotopic (exact) mass is 189 g/mol. The van der Waals surface area contributed by atoms with Crippen molar-refractivity contribution in [2.45, 2.75) is 39.5 Å². The summed E-state index contributed by atoms with van der Waals surface area (Å²) in [6, 6.07) is 0. The van der Waals surface area contributed by atoms with Gasteiger partial charge in [-0.25, -0.2) is 4.39 Å². The Morgan fingerprint density at radius 3 is 2.38 bits per heavy atom. The van der Waals surface area contributed by atoms with Gasteiger partial charge in [0.1, 0.15) is 12.3 Å². The minimum absolute atomic E-state index is 0.227. The molecule has 0 heterocycles. The first-order valence-electron chi connectivity index (χ1n) is 4.66. The summed E-state index contributed by atoms with van der Waals surface area (Å²) in [6.45, 7) is 5.83. The Morgan fingerprint density at radius 1 is 1.54 bits per heavy atom. The van der Waals surface area contributed by atoms with E-state index in [2.05, 4.69) is 4.99 Å². The van der Waals surface area contributed by atoms with Gasteiger partial charge in [-0.05, 0) is 20.3 Å². The Morgan fingerprint density at radius 2 is 2.08 bits per heavy atom. The summed E-state index contributed by atoms with van der Waals surface area (Å²) in [6.07, 6.45) is -0.940. The first kappa shape index (κ1) is 12.5. The zero-order valence-electron chi connectivity index (χ0n) is 8.63. The standard InChI is InChI=1S/C9H20FN3/c1-4-8(5-11)7(3)13-9(12)6(2)10/h6,8-9H,4-5,11-12H2,1-3H3/t6?,8-,9-/m1/s1. The molecule has 0 aromatic rings. The van der Waals surface area contributed by atoms with Gasteiger partial charge in [0, 0.05) is 18.2 Å². The van der Waals surface area contributed by atoms with E-state index in [0.717, 1.165) is 12.1 Å². The van der Waals surface area contributed by atoms with Gasteiger partial charge in [-0.3, -0.25) is 4.99 Å².